The molecule has 19 heavy (non-hydrogen) atoms. The third-order valence-electron chi connectivity index (χ3n) is 3.78. The maximum Gasteiger partial charge on any atom is 0.303 e. The number of rotatable bonds is 7. The fourth-order valence-electron chi connectivity index (χ4n) is 2.77. The largest absolute Gasteiger partial charge is 0.481 e. The number of carboxylic acid groups (broad SMARTS) is 1. The van der Waals surface area contributed by atoms with Gasteiger partial charge in [-0.3, -0.25) is 4.79 Å². The Morgan fingerprint density at radius 2 is 2.05 bits per heavy atom. The number of allylic oxidation sites excluding steroid dienone is 2. The van der Waals surface area contributed by atoms with Crippen LogP contribution in [0.1, 0.15) is 45.4 Å². The molecule has 0 unspecified atom stereocenters. The van der Waals surface area contributed by atoms with E-state index in [0.29, 0.717) is 12.8 Å². The second kappa shape index (κ2) is 10.2. The molecule has 0 aliphatic heterocycles. The van der Waals surface area contributed by atoms with Crippen molar-refractivity contribution in [2.45, 2.75) is 57.7 Å². The minimum atomic E-state index is -0.879. The van der Waals surface area contributed by atoms with E-state index >= 15 is 0 Å². The smallest absolute Gasteiger partial charge is 0.303 e. The Kier molecular flexibility index (Phi) is 10.5. The second-order valence-corrected chi connectivity index (χ2v) is 5.05. The molecular weight excluding hydrogens is 376 g/mol. The second-order valence-electron chi connectivity index (χ2n) is 5.05. The van der Waals surface area contributed by atoms with E-state index in [1.807, 2.05) is 19.1 Å². The predicted molar refractivity (Wildman–Crippen MR) is 68.0 cm³/mol. The Hall–Kier alpha value is 0.464. The molecule has 1 aliphatic rings. The minimum absolute atomic E-state index is 0. The van der Waals surface area contributed by atoms with Crippen LogP contribution in [-0.4, -0.2) is 28.5 Å². The summed E-state index contributed by atoms with van der Waals surface area (Å²) >= 11 is 0. The number of carbonyl (C=O) groups is 1. The zero-order valence-electron chi connectivity index (χ0n) is 11.5. The standard InChI is InChI=1S/C14H23FO3.Pr/c1-2-10-11(13(16)9-12(10)15)7-5-3-4-6-8-14(17)18;/h3,5,10-13,16H,2,4,6-9H2,1H3,(H,17,18);/b5-3-;/t10-,11-,12+,13+;/m1./s1. The number of aliphatic hydroxyl groups is 1. The topological polar surface area (TPSA) is 57.5 Å². The van der Waals surface area contributed by atoms with Crippen LogP contribution in [0.15, 0.2) is 12.2 Å². The van der Waals surface area contributed by atoms with Gasteiger partial charge in [-0.05, 0) is 31.1 Å². The van der Waals surface area contributed by atoms with Crippen LogP contribution in [0.25, 0.3) is 0 Å². The van der Waals surface area contributed by atoms with E-state index in [2.05, 4.69) is 0 Å². The number of carboxylic acids is 1. The summed E-state index contributed by atoms with van der Waals surface area (Å²) in [6.07, 6.45) is 5.72. The van der Waals surface area contributed by atoms with E-state index in [0.717, 1.165) is 12.8 Å². The summed E-state index contributed by atoms with van der Waals surface area (Å²) in [5.74, 6) is -0.801. The third-order valence-corrected chi connectivity index (χ3v) is 3.78. The number of hydrogen-bond donors (Lipinski definition) is 2. The number of hydrogen-bond acceptors (Lipinski definition) is 2. The molecule has 1 aliphatic carbocycles. The molecule has 5 heteroatoms. The van der Waals surface area contributed by atoms with E-state index in [1.165, 1.54) is 0 Å². The van der Waals surface area contributed by atoms with E-state index in [1.54, 1.807) is 0 Å². The first-order chi connectivity index (χ1) is 8.56. The summed E-state index contributed by atoms with van der Waals surface area (Å²) in [6, 6.07) is 0. The van der Waals surface area contributed by atoms with Crippen molar-refractivity contribution in [1.29, 1.82) is 0 Å². The summed E-state index contributed by atoms with van der Waals surface area (Å²) in [7, 11) is 0. The molecule has 0 aromatic carbocycles. The Morgan fingerprint density at radius 1 is 1.37 bits per heavy atom. The molecule has 1 fully saturated rings. The third kappa shape index (κ3) is 6.64. The molecule has 2 N–H and O–H groups in total. The van der Waals surface area contributed by atoms with Crippen LogP contribution in [0.2, 0.25) is 0 Å². The van der Waals surface area contributed by atoms with Crippen LogP contribution in [0.3, 0.4) is 0 Å². The molecule has 1 saturated carbocycles. The quantitative estimate of drug-likeness (QED) is 0.511. The van der Waals surface area contributed by atoms with Gasteiger partial charge < -0.3 is 10.2 Å². The SMILES string of the molecule is CC[C@@H]1[C@@H](C/C=C\CCCC(=O)O)[C@@H](O)C[C@@H]1F.[Pr]. The van der Waals surface area contributed by atoms with Gasteiger partial charge in [0.15, 0.2) is 0 Å². The van der Waals surface area contributed by atoms with Gasteiger partial charge in [0.2, 0.25) is 0 Å². The molecular formula is C14H23FO3Pr. The summed E-state index contributed by atoms with van der Waals surface area (Å²) in [5, 5.41) is 18.3. The van der Waals surface area contributed by atoms with Gasteiger partial charge in [0.05, 0.1) is 6.10 Å². The van der Waals surface area contributed by atoms with Crippen molar-refractivity contribution in [2.24, 2.45) is 11.8 Å². The van der Waals surface area contributed by atoms with E-state index in [4.69, 9.17) is 5.11 Å². The monoisotopic (exact) mass is 399 g/mol. The average molecular weight is 399 g/mol. The van der Waals surface area contributed by atoms with E-state index in [9.17, 15) is 14.3 Å². The molecule has 3 nitrogen and oxygen atoms in total. The summed E-state index contributed by atoms with van der Waals surface area (Å²) in [5.41, 5.74) is 0. The molecule has 0 saturated heterocycles. The van der Waals surface area contributed by atoms with Gasteiger partial charge in [-0.25, -0.2) is 4.39 Å². The minimum Gasteiger partial charge on any atom is -0.481 e. The van der Waals surface area contributed by atoms with Crippen molar-refractivity contribution in [3.63, 3.8) is 0 Å². The van der Waals surface area contributed by atoms with Crippen molar-refractivity contribution >= 4 is 5.97 Å². The molecule has 0 bridgehead atoms. The maximum absolute atomic E-state index is 13.6. The van der Waals surface area contributed by atoms with E-state index in [-0.39, 0.29) is 66.0 Å². The van der Waals surface area contributed by atoms with Gasteiger partial charge in [0.25, 0.3) is 0 Å². The van der Waals surface area contributed by atoms with Crippen LogP contribution < -0.4 is 0 Å². The van der Waals surface area contributed by atoms with Crippen LogP contribution >= 0.6 is 0 Å². The van der Waals surface area contributed by atoms with E-state index < -0.39 is 18.2 Å². The number of aliphatic carboxylic acids is 1. The Balaban J connectivity index is 0.00000324. The van der Waals surface area contributed by atoms with Gasteiger partial charge in [-0.1, -0.05) is 25.5 Å². The number of aliphatic hydroxyl groups excluding tert-OH is 1. The molecule has 0 aromatic rings. The number of unbranched alkanes of at least 4 members (excludes halogenated alkanes) is 1. The molecule has 0 amide bonds. The molecule has 1 radical (unpaired) electrons. The number of halogens is 1. The van der Waals surface area contributed by atoms with Crippen molar-refractivity contribution in [1.82, 2.24) is 0 Å². The maximum atomic E-state index is 13.6. The van der Waals surface area contributed by atoms with Gasteiger partial charge >= 0.3 is 5.97 Å². The Labute approximate surface area is 147 Å². The summed E-state index contributed by atoms with van der Waals surface area (Å²) in [6.45, 7) is 1.96. The zero-order chi connectivity index (χ0) is 13.5. The van der Waals surface area contributed by atoms with Crippen molar-refractivity contribution in [2.75, 3.05) is 0 Å². The van der Waals surface area contributed by atoms with Gasteiger partial charge in [0.1, 0.15) is 6.17 Å². The molecule has 4 atom stereocenters. The molecule has 0 heterocycles. The molecule has 0 aromatic heterocycles. The van der Waals surface area contributed by atoms with Crippen molar-refractivity contribution in [3.8, 4) is 0 Å². The van der Waals surface area contributed by atoms with Gasteiger partial charge in [-0.15, -0.1) is 0 Å². The van der Waals surface area contributed by atoms with Crippen LogP contribution in [-0.2, 0) is 4.79 Å². The molecule has 0 spiro atoms. The zero-order valence-corrected chi connectivity index (χ0v) is 15.2. The normalized spacial score (nSPS) is 30.5. The molecule has 107 valence electrons. The molecule has 1 rings (SSSR count). The van der Waals surface area contributed by atoms with Crippen LogP contribution in [0.4, 0.5) is 4.39 Å². The van der Waals surface area contributed by atoms with Crippen LogP contribution in [0.5, 0.6) is 0 Å². The first kappa shape index (κ1) is 19.5. The summed E-state index contributed by atoms with van der Waals surface area (Å²) < 4.78 is 13.6. The summed E-state index contributed by atoms with van der Waals surface area (Å²) in [4.78, 5) is 10.3. The fourth-order valence-corrected chi connectivity index (χ4v) is 2.77. The Bertz CT molecular complexity index is 296. The average Bonchev–Trinajstić information content (AvgIpc) is 2.57. The first-order valence-electron chi connectivity index (χ1n) is 6.75. The first-order valence-corrected chi connectivity index (χ1v) is 6.75. The van der Waals surface area contributed by atoms with Crippen molar-refractivity contribution in [3.05, 3.63) is 12.2 Å². The Morgan fingerprint density at radius 3 is 2.63 bits per heavy atom. The van der Waals surface area contributed by atoms with Gasteiger partial charge in [-0.2, -0.15) is 0 Å². The predicted octanol–water partition coefficient (Wildman–Crippen LogP) is 2.93. The van der Waals surface area contributed by atoms with Gasteiger partial charge in [0, 0.05) is 54.1 Å². The van der Waals surface area contributed by atoms with Crippen LogP contribution in [0, 0.1) is 53.1 Å². The fraction of sp³-hybridized carbons (Fsp3) is 0.786. The number of alkyl halides is 1. The van der Waals surface area contributed by atoms with Crippen molar-refractivity contribution < 1.29 is 60.7 Å².